The fourth-order valence-electron chi connectivity index (χ4n) is 3.98. The third kappa shape index (κ3) is 5.52. The van der Waals surface area contributed by atoms with Crippen LogP contribution < -0.4 is 11.1 Å². The monoisotopic (exact) mass is 459 g/mol. The molecule has 176 valence electrons. The summed E-state index contributed by atoms with van der Waals surface area (Å²) in [4.78, 5) is 27.8. The maximum Gasteiger partial charge on any atom is 0.268 e. The molecule has 0 radical (unpaired) electrons. The van der Waals surface area contributed by atoms with Crippen LogP contribution in [0, 0.1) is 6.92 Å². The highest BCUT2D eigenvalue weighted by atomic mass is 16.3. The number of aryl methyl sites for hydroxylation is 3. The average Bonchev–Trinajstić information content (AvgIpc) is 3.47. The van der Waals surface area contributed by atoms with E-state index in [1.165, 1.54) is 11.9 Å². The molecule has 2 amide bonds. The van der Waals surface area contributed by atoms with E-state index in [1.54, 1.807) is 10.8 Å². The largest absolute Gasteiger partial charge is 0.394 e. The summed E-state index contributed by atoms with van der Waals surface area (Å²) in [5, 5.41) is 13.9. The smallest absolute Gasteiger partial charge is 0.268 e. The molecule has 0 unspecified atom stereocenters. The molecule has 4 aromatic rings. The fourth-order valence-corrected chi connectivity index (χ4v) is 3.98. The van der Waals surface area contributed by atoms with Gasteiger partial charge in [0.15, 0.2) is 0 Å². The number of aliphatic hydroxyl groups excluding tert-OH is 1. The minimum atomic E-state index is -0.597. The van der Waals surface area contributed by atoms with Gasteiger partial charge in [-0.05, 0) is 48.9 Å². The van der Waals surface area contributed by atoms with Crippen molar-refractivity contribution in [3.8, 4) is 0 Å². The average molecular weight is 460 g/mol. The summed E-state index contributed by atoms with van der Waals surface area (Å²) in [6.45, 7) is 2.60. The Morgan fingerprint density at radius 1 is 1.15 bits per heavy atom. The Balaban J connectivity index is 1.39. The first kappa shape index (κ1) is 23.3. The fraction of sp³-hybridized carbons (Fsp3) is 0.269. The number of nitrogens with zero attached hydrogens (tertiary/aromatic N) is 3. The Kier molecular flexibility index (Phi) is 7.08. The molecule has 0 fully saturated rings. The molecule has 4 N–H and O–H groups in total. The minimum absolute atomic E-state index is 0.0243. The van der Waals surface area contributed by atoms with Crippen molar-refractivity contribution < 1.29 is 14.7 Å². The van der Waals surface area contributed by atoms with Crippen LogP contribution in [0.25, 0.3) is 10.9 Å². The van der Waals surface area contributed by atoms with Crippen molar-refractivity contribution in [2.24, 2.45) is 5.73 Å². The van der Waals surface area contributed by atoms with Gasteiger partial charge < -0.3 is 25.3 Å². The van der Waals surface area contributed by atoms with Crippen molar-refractivity contribution >= 4 is 28.4 Å². The van der Waals surface area contributed by atoms with Crippen LogP contribution in [0.4, 0.5) is 5.69 Å². The van der Waals surface area contributed by atoms with E-state index in [1.807, 2.05) is 37.4 Å². The number of primary amides is 1. The normalized spacial score (nSPS) is 12.1. The van der Waals surface area contributed by atoms with Crippen molar-refractivity contribution in [2.45, 2.75) is 38.8 Å². The van der Waals surface area contributed by atoms with Crippen molar-refractivity contribution in [2.75, 3.05) is 11.9 Å². The predicted molar refractivity (Wildman–Crippen MR) is 132 cm³/mol. The Bertz CT molecular complexity index is 1290. The van der Waals surface area contributed by atoms with Gasteiger partial charge in [0.1, 0.15) is 5.69 Å². The highest BCUT2D eigenvalue weighted by Crippen LogP contribution is 2.23. The summed E-state index contributed by atoms with van der Waals surface area (Å²) < 4.78 is 3.80. The Morgan fingerprint density at radius 3 is 2.65 bits per heavy atom. The van der Waals surface area contributed by atoms with E-state index >= 15 is 0 Å². The number of hydrogen-bond donors (Lipinski definition) is 3. The lowest BCUT2D eigenvalue weighted by Gasteiger charge is -2.16. The van der Waals surface area contributed by atoms with Gasteiger partial charge in [0, 0.05) is 31.0 Å². The van der Waals surface area contributed by atoms with Gasteiger partial charge >= 0.3 is 0 Å². The van der Waals surface area contributed by atoms with Crippen LogP contribution in [-0.4, -0.2) is 37.6 Å². The number of aromatic nitrogens is 3. The lowest BCUT2D eigenvalue weighted by molar-refractivity contribution is -0.116. The second kappa shape index (κ2) is 10.4. The van der Waals surface area contributed by atoms with Crippen molar-refractivity contribution in [1.29, 1.82) is 0 Å². The molecule has 0 spiro atoms. The zero-order chi connectivity index (χ0) is 24.1. The first-order valence-electron chi connectivity index (χ1n) is 11.3. The van der Waals surface area contributed by atoms with Crippen LogP contribution in [0.1, 0.15) is 40.5 Å². The third-order valence-electron chi connectivity index (χ3n) is 6.01. The van der Waals surface area contributed by atoms with E-state index in [4.69, 9.17) is 5.73 Å². The van der Waals surface area contributed by atoms with Crippen LogP contribution in [0.15, 0.2) is 67.3 Å². The van der Waals surface area contributed by atoms with Gasteiger partial charge in [-0.25, -0.2) is 4.98 Å². The van der Waals surface area contributed by atoms with Gasteiger partial charge in [-0.15, -0.1) is 0 Å². The summed E-state index contributed by atoms with van der Waals surface area (Å²) in [5.74, 6) is -0.621. The Labute approximate surface area is 198 Å². The van der Waals surface area contributed by atoms with Crippen LogP contribution in [0.2, 0.25) is 0 Å². The maximum absolute atomic E-state index is 12.5. The second-order valence-electron chi connectivity index (χ2n) is 8.51. The Morgan fingerprint density at radius 2 is 1.94 bits per heavy atom. The number of nitrogens with one attached hydrogen (secondary N) is 1. The summed E-state index contributed by atoms with van der Waals surface area (Å²) in [6.07, 6.45) is 6.80. The van der Waals surface area contributed by atoms with Crippen LogP contribution in [0.5, 0.6) is 0 Å². The molecular weight excluding hydrogens is 430 g/mol. The summed E-state index contributed by atoms with van der Waals surface area (Å²) >= 11 is 0. The van der Waals surface area contributed by atoms with Crippen LogP contribution >= 0.6 is 0 Å². The number of hydrogen-bond acceptors (Lipinski definition) is 4. The van der Waals surface area contributed by atoms with E-state index < -0.39 is 5.91 Å². The van der Waals surface area contributed by atoms with Crippen molar-refractivity contribution in [3.63, 3.8) is 0 Å². The second-order valence-corrected chi connectivity index (χ2v) is 8.51. The highest BCUT2D eigenvalue weighted by molar-refractivity contribution is 5.94. The highest BCUT2D eigenvalue weighted by Gasteiger charge is 2.14. The number of nitrogens with two attached hydrogens (primary N) is 1. The van der Waals surface area contributed by atoms with Crippen LogP contribution in [0.3, 0.4) is 0 Å². The molecule has 4 rings (SSSR count). The molecule has 34 heavy (non-hydrogen) atoms. The van der Waals surface area contributed by atoms with E-state index in [0.717, 1.165) is 22.2 Å². The molecular formula is C26H29N5O3. The van der Waals surface area contributed by atoms with Crippen molar-refractivity contribution in [3.05, 3.63) is 84.1 Å². The number of aliphatic hydroxyl groups is 1. The van der Waals surface area contributed by atoms with Crippen molar-refractivity contribution in [1.82, 2.24) is 14.1 Å². The molecule has 0 saturated heterocycles. The van der Waals surface area contributed by atoms with Gasteiger partial charge in [-0.1, -0.05) is 35.9 Å². The molecule has 0 aliphatic heterocycles. The first-order chi connectivity index (χ1) is 16.4. The number of carbonyl (C=O) groups excluding carboxylic acids is 2. The van der Waals surface area contributed by atoms with Crippen LogP contribution in [-0.2, 0) is 17.8 Å². The third-order valence-corrected chi connectivity index (χ3v) is 6.01. The van der Waals surface area contributed by atoms with Gasteiger partial charge in [0.25, 0.3) is 5.91 Å². The summed E-state index contributed by atoms with van der Waals surface area (Å²) in [5.41, 5.74) is 9.54. The Hall–Kier alpha value is -3.91. The predicted octanol–water partition coefficient (Wildman–Crippen LogP) is 3.44. The molecule has 1 atom stereocenters. The molecule has 8 heteroatoms. The minimum Gasteiger partial charge on any atom is -0.394 e. The molecule has 2 aromatic carbocycles. The number of amides is 2. The van der Waals surface area contributed by atoms with Gasteiger partial charge in [-0.3, -0.25) is 9.59 Å². The lowest BCUT2D eigenvalue weighted by atomic mass is 10.1. The van der Waals surface area contributed by atoms with E-state index in [2.05, 4.69) is 39.1 Å². The number of carbonyl (C=O) groups is 2. The number of fused-ring (bicyclic) bond motifs is 1. The molecule has 0 aliphatic carbocycles. The zero-order valence-corrected chi connectivity index (χ0v) is 19.1. The number of rotatable bonds is 10. The molecule has 0 aliphatic rings. The number of imidazole rings is 1. The first-order valence-corrected chi connectivity index (χ1v) is 11.3. The summed E-state index contributed by atoms with van der Waals surface area (Å²) in [7, 11) is 0. The zero-order valence-electron chi connectivity index (χ0n) is 19.1. The van der Waals surface area contributed by atoms with E-state index in [0.29, 0.717) is 25.8 Å². The van der Waals surface area contributed by atoms with Gasteiger partial charge in [0.2, 0.25) is 5.91 Å². The maximum atomic E-state index is 12.5. The SMILES string of the molecule is Cc1ccc(CCC(=O)Nc2ccc3ccn(CC[C@H](CO)n4cnc(C(N)=O)c4)c3c2)cc1. The van der Waals surface area contributed by atoms with E-state index in [9.17, 15) is 14.7 Å². The molecule has 2 heterocycles. The van der Waals surface area contributed by atoms with E-state index in [-0.39, 0.29) is 24.2 Å². The number of benzene rings is 2. The molecule has 2 aromatic heterocycles. The quantitative estimate of drug-likeness (QED) is 0.337. The molecule has 8 nitrogen and oxygen atoms in total. The number of anilines is 1. The molecule has 0 saturated carbocycles. The topological polar surface area (TPSA) is 115 Å². The molecule has 0 bridgehead atoms. The summed E-state index contributed by atoms with van der Waals surface area (Å²) in [6, 6.07) is 15.9. The standard InChI is InChI=1S/C26H29N5O3/c1-18-2-4-19(5-3-18)6-9-25(33)29-21-8-7-20-10-12-30(24(20)14-21)13-11-22(16-32)31-15-23(26(27)34)28-17-31/h2-5,7-8,10,12,14-15,17,22,32H,6,9,11,13,16H2,1H3,(H2,27,34)(H,29,33)/t22-/m1/s1. The lowest BCUT2D eigenvalue weighted by Crippen LogP contribution is -2.15. The van der Waals surface area contributed by atoms with Gasteiger partial charge in [0.05, 0.1) is 24.5 Å². The van der Waals surface area contributed by atoms with Gasteiger partial charge in [-0.2, -0.15) is 0 Å².